The molecule has 0 fully saturated rings. The predicted octanol–water partition coefficient (Wildman–Crippen LogP) is 0.940. The van der Waals surface area contributed by atoms with E-state index in [0.29, 0.717) is 11.3 Å². The van der Waals surface area contributed by atoms with Gasteiger partial charge >= 0.3 is 6.18 Å². The van der Waals surface area contributed by atoms with Gasteiger partial charge in [0.25, 0.3) is 11.3 Å². The molecule has 0 spiro atoms. The molecular formula is C11H12F3N3O2. The van der Waals surface area contributed by atoms with Crippen LogP contribution in [-0.4, -0.2) is 27.7 Å². The van der Waals surface area contributed by atoms with E-state index in [4.69, 9.17) is 0 Å². The highest BCUT2D eigenvalue weighted by molar-refractivity contribution is 6.02. The lowest BCUT2D eigenvalue weighted by Crippen LogP contribution is -2.52. The van der Waals surface area contributed by atoms with Gasteiger partial charge in [0.1, 0.15) is 0 Å². The number of halogens is 3. The van der Waals surface area contributed by atoms with Gasteiger partial charge in [-0.25, -0.2) is 0 Å². The standard InChI is InChI=1S/C11H12F3N3O2/c1-5-3-6(2)15-9(18)8(5)7-4-10(19,17-16-7)11(12,13)14/h3,17,19H,4H2,1-2H3,(H,15,18). The smallest absolute Gasteiger partial charge is 0.362 e. The number of aliphatic hydroxyl groups is 1. The number of H-pyrrole nitrogens is 1. The summed E-state index contributed by atoms with van der Waals surface area (Å²) in [5.41, 5.74) is -0.936. The first-order chi connectivity index (χ1) is 8.64. The monoisotopic (exact) mass is 275 g/mol. The van der Waals surface area contributed by atoms with Crippen LogP contribution < -0.4 is 11.0 Å². The molecular weight excluding hydrogens is 263 g/mol. The Bertz CT molecular complexity index is 606. The van der Waals surface area contributed by atoms with Crippen LogP contribution in [0.2, 0.25) is 0 Å². The summed E-state index contributed by atoms with van der Waals surface area (Å²) in [4.78, 5) is 14.3. The maximum atomic E-state index is 12.6. The lowest BCUT2D eigenvalue weighted by atomic mass is 9.99. The van der Waals surface area contributed by atoms with Gasteiger partial charge in [-0.15, -0.1) is 0 Å². The molecule has 0 bridgehead atoms. The first kappa shape index (κ1) is 13.6. The first-order valence-corrected chi connectivity index (χ1v) is 5.48. The number of nitrogens with zero attached hydrogens (tertiary/aromatic N) is 1. The summed E-state index contributed by atoms with van der Waals surface area (Å²) in [5, 5.41) is 12.9. The molecule has 3 N–H and O–H groups in total. The normalized spacial score (nSPS) is 23.2. The van der Waals surface area contributed by atoms with E-state index in [1.807, 2.05) is 0 Å². The molecule has 2 heterocycles. The average Bonchev–Trinajstić information content (AvgIpc) is 2.59. The van der Waals surface area contributed by atoms with Crippen molar-refractivity contribution in [2.75, 3.05) is 0 Å². The number of rotatable bonds is 1. The summed E-state index contributed by atoms with van der Waals surface area (Å²) in [6.07, 6.45) is -5.67. The number of nitrogens with one attached hydrogen (secondary N) is 2. The number of pyridine rings is 1. The topological polar surface area (TPSA) is 77.5 Å². The lowest BCUT2D eigenvalue weighted by molar-refractivity contribution is -0.266. The van der Waals surface area contributed by atoms with E-state index in [2.05, 4.69) is 10.1 Å². The lowest BCUT2D eigenvalue weighted by Gasteiger charge is -2.24. The van der Waals surface area contributed by atoms with Crippen LogP contribution in [-0.2, 0) is 0 Å². The Balaban J connectivity index is 2.40. The third kappa shape index (κ3) is 2.23. The third-order valence-corrected chi connectivity index (χ3v) is 2.92. The Hall–Kier alpha value is -1.83. The Morgan fingerprint density at radius 2 is 2.05 bits per heavy atom. The van der Waals surface area contributed by atoms with Crippen molar-refractivity contribution in [3.63, 3.8) is 0 Å². The van der Waals surface area contributed by atoms with Crippen molar-refractivity contribution >= 4 is 5.71 Å². The molecule has 0 aliphatic carbocycles. The van der Waals surface area contributed by atoms with Crippen molar-refractivity contribution in [2.24, 2.45) is 5.10 Å². The second kappa shape index (κ2) is 4.09. The van der Waals surface area contributed by atoms with Gasteiger partial charge in [-0.2, -0.15) is 18.3 Å². The molecule has 2 rings (SSSR count). The van der Waals surface area contributed by atoms with Crippen LogP contribution in [0.3, 0.4) is 0 Å². The fourth-order valence-electron chi connectivity index (χ4n) is 2.00. The minimum Gasteiger partial charge on any atom is -0.362 e. The molecule has 19 heavy (non-hydrogen) atoms. The molecule has 1 unspecified atom stereocenters. The largest absolute Gasteiger partial charge is 0.438 e. The molecule has 1 atom stereocenters. The third-order valence-electron chi connectivity index (χ3n) is 2.92. The fourth-order valence-corrected chi connectivity index (χ4v) is 2.00. The number of alkyl halides is 3. The van der Waals surface area contributed by atoms with Crippen molar-refractivity contribution in [3.05, 3.63) is 33.2 Å². The van der Waals surface area contributed by atoms with Crippen LogP contribution in [0.4, 0.5) is 13.2 Å². The summed E-state index contributed by atoms with van der Waals surface area (Å²) in [7, 11) is 0. The van der Waals surface area contributed by atoms with Gasteiger partial charge in [0.2, 0.25) is 0 Å². The summed E-state index contributed by atoms with van der Waals surface area (Å²) in [6, 6.07) is 1.63. The zero-order valence-corrected chi connectivity index (χ0v) is 10.2. The van der Waals surface area contributed by atoms with Crippen LogP contribution in [0, 0.1) is 13.8 Å². The highest BCUT2D eigenvalue weighted by atomic mass is 19.4. The fraction of sp³-hybridized carbons (Fsp3) is 0.455. The number of aromatic nitrogens is 1. The van der Waals surface area contributed by atoms with Crippen LogP contribution in [0.25, 0.3) is 0 Å². The van der Waals surface area contributed by atoms with E-state index >= 15 is 0 Å². The molecule has 1 aliphatic rings. The minimum atomic E-state index is -4.87. The van der Waals surface area contributed by atoms with Crippen LogP contribution in [0.5, 0.6) is 0 Å². The van der Waals surface area contributed by atoms with Crippen LogP contribution in [0.15, 0.2) is 16.0 Å². The van der Waals surface area contributed by atoms with Gasteiger partial charge in [0, 0.05) is 5.69 Å². The molecule has 1 aromatic heterocycles. The summed E-state index contributed by atoms with van der Waals surface area (Å²) in [6.45, 7) is 3.27. The van der Waals surface area contributed by atoms with Crippen LogP contribution >= 0.6 is 0 Å². The zero-order valence-electron chi connectivity index (χ0n) is 10.2. The SMILES string of the molecule is Cc1cc(C)c(C2=NNC(O)(C(F)(F)F)C2)c(=O)[nH]1. The van der Waals surface area contributed by atoms with Crippen molar-refractivity contribution in [2.45, 2.75) is 32.2 Å². The number of hydrogen-bond acceptors (Lipinski definition) is 4. The molecule has 1 aliphatic heterocycles. The van der Waals surface area contributed by atoms with Gasteiger partial charge < -0.3 is 10.1 Å². The van der Waals surface area contributed by atoms with Gasteiger partial charge in [0.15, 0.2) is 0 Å². The molecule has 1 aromatic rings. The Morgan fingerprint density at radius 3 is 2.53 bits per heavy atom. The summed E-state index contributed by atoms with van der Waals surface area (Å²) >= 11 is 0. The van der Waals surface area contributed by atoms with E-state index in [1.165, 1.54) is 0 Å². The number of hydrazone groups is 1. The van der Waals surface area contributed by atoms with E-state index in [-0.39, 0.29) is 11.3 Å². The summed E-state index contributed by atoms with van der Waals surface area (Å²) in [5.74, 6) is 0. The highest BCUT2D eigenvalue weighted by Gasteiger charge is 2.57. The van der Waals surface area contributed by atoms with Gasteiger partial charge in [-0.1, -0.05) is 0 Å². The van der Waals surface area contributed by atoms with E-state index in [9.17, 15) is 23.1 Å². The van der Waals surface area contributed by atoms with Crippen molar-refractivity contribution in [1.29, 1.82) is 0 Å². The minimum absolute atomic E-state index is 0.0540. The van der Waals surface area contributed by atoms with E-state index < -0.39 is 23.9 Å². The number of hydrogen-bond donors (Lipinski definition) is 3. The molecule has 0 saturated heterocycles. The first-order valence-electron chi connectivity index (χ1n) is 5.48. The molecule has 8 heteroatoms. The quantitative estimate of drug-likeness (QED) is 0.714. The molecule has 0 amide bonds. The predicted molar refractivity (Wildman–Crippen MR) is 61.8 cm³/mol. The van der Waals surface area contributed by atoms with Crippen molar-refractivity contribution in [3.8, 4) is 0 Å². The van der Waals surface area contributed by atoms with Crippen LogP contribution in [0.1, 0.15) is 23.2 Å². The van der Waals surface area contributed by atoms with Crippen molar-refractivity contribution in [1.82, 2.24) is 10.4 Å². The molecule has 104 valence electrons. The maximum Gasteiger partial charge on any atom is 0.438 e. The number of aryl methyl sites for hydroxylation is 2. The molecule has 0 radical (unpaired) electrons. The second-order valence-electron chi connectivity index (χ2n) is 4.54. The second-order valence-corrected chi connectivity index (χ2v) is 4.54. The summed E-state index contributed by atoms with van der Waals surface area (Å²) < 4.78 is 37.9. The van der Waals surface area contributed by atoms with Gasteiger partial charge in [0.05, 0.1) is 17.7 Å². The zero-order chi connectivity index (χ0) is 14.4. The van der Waals surface area contributed by atoms with E-state index in [0.717, 1.165) is 0 Å². The van der Waals surface area contributed by atoms with Crippen molar-refractivity contribution < 1.29 is 18.3 Å². The molecule has 0 saturated carbocycles. The maximum absolute atomic E-state index is 12.6. The molecule has 0 aromatic carbocycles. The van der Waals surface area contributed by atoms with Gasteiger partial charge in [-0.05, 0) is 25.5 Å². The number of aromatic amines is 1. The highest BCUT2D eigenvalue weighted by Crippen LogP contribution is 2.34. The average molecular weight is 275 g/mol. The Morgan fingerprint density at radius 1 is 1.42 bits per heavy atom. The molecule has 5 nitrogen and oxygen atoms in total. The Labute approximate surface area is 106 Å². The van der Waals surface area contributed by atoms with E-state index in [1.54, 1.807) is 25.3 Å². The Kier molecular flexibility index (Phi) is 2.93. The van der Waals surface area contributed by atoms with Gasteiger partial charge in [-0.3, -0.25) is 10.2 Å².